The van der Waals surface area contributed by atoms with Crippen molar-refractivity contribution in [1.82, 2.24) is 0 Å². The van der Waals surface area contributed by atoms with E-state index in [1.807, 2.05) is 0 Å². The molecule has 0 aromatic heterocycles. The Morgan fingerprint density at radius 2 is 1.88 bits per heavy atom. The van der Waals surface area contributed by atoms with E-state index in [1.165, 1.54) is 17.0 Å². The highest BCUT2D eigenvalue weighted by Crippen LogP contribution is 2.40. The molecule has 0 saturated heterocycles. The van der Waals surface area contributed by atoms with E-state index in [9.17, 15) is 13.6 Å². The third kappa shape index (κ3) is 3.01. The molecule has 1 spiro atoms. The van der Waals surface area contributed by atoms with E-state index in [-0.39, 0.29) is 23.2 Å². The van der Waals surface area contributed by atoms with Crippen molar-refractivity contribution in [1.29, 1.82) is 0 Å². The summed E-state index contributed by atoms with van der Waals surface area (Å²) < 4.78 is 29.0. The summed E-state index contributed by atoms with van der Waals surface area (Å²) in [5.74, 6) is -3.66. The minimum Gasteiger partial charge on any atom is -0.481 e. The van der Waals surface area contributed by atoms with Gasteiger partial charge in [-0.25, -0.2) is 13.8 Å². The molecular weight excluding hydrogens is 332 g/mol. The van der Waals surface area contributed by atoms with Gasteiger partial charge in [0.05, 0.1) is 12.1 Å². The van der Waals surface area contributed by atoms with Crippen molar-refractivity contribution in [2.24, 2.45) is 21.5 Å². The Labute approximate surface area is 143 Å². The summed E-state index contributed by atoms with van der Waals surface area (Å²) in [7, 11) is 0. The SMILES string of the molecule is NC1=NC2(CCCCC2)N(c2ccc(CC(=O)O)c(F)c2F)C(N)=N1. The number of nitrogens with zero attached hydrogens (tertiary/aromatic N) is 3. The van der Waals surface area contributed by atoms with Crippen LogP contribution in [0.1, 0.15) is 37.7 Å². The molecule has 134 valence electrons. The van der Waals surface area contributed by atoms with E-state index < -0.39 is 29.7 Å². The highest BCUT2D eigenvalue weighted by Gasteiger charge is 2.44. The van der Waals surface area contributed by atoms with E-state index in [1.54, 1.807) is 0 Å². The number of anilines is 1. The Morgan fingerprint density at radius 1 is 1.20 bits per heavy atom. The predicted molar refractivity (Wildman–Crippen MR) is 89.2 cm³/mol. The number of aliphatic imine (C=N–C) groups is 2. The third-order valence-electron chi connectivity index (χ3n) is 4.58. The molecule has 3 rings (SSSR count). The molecule has 1 heterocycles. The number of carboxylic acid groups (broad SMARTS) is 1. The lowest BCUT2D eigenvalue weighted by atomic mass is 9.87. The second-order valence-electron chi connectivity index (χ2n) is 6.26. The van der Waals surface area contributed by atoms with Crippen molar-refractivity contribution >= 4 is 23.6 Å². The molecule has 1 aliphatic carbocycles. The van der Waals surface area contributed by atoms with Gasteiger partial charge in [-0.15, -0.1) is 0 Å². The first-order chi connectivity index (χ1) is 11.8. The van der Waals surface area contributed by atoms with Crippen molar-refractivity contribution < 1.29 is 18.7 Å². The van der Waals surface area contributed by atoms with E-state index in [2.05, 4.69) is 9.98 Å². The van der Waals surface area contributed by atoms with Crippen molar-refractivity contribution in [3.05, 3.63) is 29.3 Å². The maximum atomic E-state index is 14.7. The zero-order valence-corrected chi connectivity index (χ0v) is 13.5. The fourth-order valence-electron chi connectivity index (χ4n) is 3.52. The summed E-state index contributed by atoms with van der Waals surface area (Å²) in [5.41, 5.74) is 10.5. The molecule has 0 amide bonds. The molecular formula is C16H19F2N5O2. The number of benzene rings is 1. The number of guanidine groups is 2. The van der Waals surface area contributed by atoms with Gasteiger partial charge in [0.2, 0.25) is 11.9 Å². The van der Waals surface area contributed by atoms with Crippen LogP contribution < -0.4 is 16.4 Å². The number of carboxylic acids is 1. The molecule has 2 aliphatic rings. The van der Waals surface area contributed by atoms with Gasteiger partial charge in [-0.2, -0.15) is 4.99 Å². The fraction of sp³-hybridized carbons (Fsp3) is 0.438. The zero-order valence-electron chi connectivity index (χ0n) is 13.5. The summed E-state index contributed by atoms with van der Waals surface area (Å²) in [6, 6.07) is 2.56. The van der Waals surface area contributed by atoms with Crippen LogP contribution >= 0.6 is 0 Å². The number of hydrogen-bond acceptors (Lipinski definition) is 6. The van der Waals surface area contributed by atoms with Crippen LogP contribution in [0.5, 0.6) is 0 Å². The monoisotopic (exact) mass is 351 g/mol. The fourth-order valence-corrected chi connectivity index (χ4v) is 3.52. The van der Waals surface area contributed by atoms with Gasteiger partial charge in [0.25, 0.3) is 0 Å². The van der Waals surface area contributed by atoms with E-state index in [0.29, 0.717) is 12.8 Å². The van der Waals surface area contributed by atoms with Crippen LogP contribution in [0.3, 0.4) is 0 Å². The largest absolute Gasteiger partial charge is 0.481 e. The molecule has 25 heavy (non-hydrogen) atoms. The standard InChI is InChI=1S/C16H19F2N5O2/c17-12-9(8-11(24)25)4-5-10(13(12)18)23-15(20)21-14(19)22-16(23)6-2-1-3-7-16/h4-5H,1-3,6-8H2,(H,24,25)(H4,19,20,21,22). The lowest BCUT2D eigenvalue weighted by Crippen LogP contribution is -2.58. The van der Waals surface area contributed by atoms with Crippen LogP contribution in [0, 0.1) is 11.6 Å². The van der Waals surface area contributed by atoms with Gasteiger partial charge in [-0.05, 0) is 31.7 Å². The Morgan fingerprint density at radius 3 is 2.52 bits per heavy atom. The van der Waals surface area contributed by atoms with Crippen molar-refractivity contribution in [3.63, 3.8) is 0 Å². The normalized spacial score (nSPS) is 19.5. The third-order valence-corrected chi connectivity index (χ3v) is 4.58. The van der Waals surface area contributed by atoms with Crippen LogP contribution in [0.15, 0.2) is 22.1 Å². The number of nitrogens with two attached hydrogens (primary N) is 2. The first-order valence-corrected chi connectivity index (χ1v) is 8.02. The predicted octanol–water partition coefficient (Wildman–Crippen LogP) is 1.70. The van der Waals surface area contributed by atoms with E-state index in [0.717, 1.165) is 19.3 Å². The van der Waals surface area contributed by atoms with Gasteiger partial charge in [-0.3, -0.25) is 9.69 Å². The number of halogens is 2. The minimum atomic E-state index is -1.24. The molecule has 5 N–H and O–H groups in total. The highest BCUT2D eigenvalue weighted by molar-refractivity contribution is 6.05. The van der Waals surface area contributed by atoms with Gasteiger partial charge >= 0.3 is 5.97 Å². The second kappa shape index (κ2) is 6.30. The Kier molecular flexibility index (Phi) is 4.32. The van der Waals surface area contributed by atoms with Crippen LogP contribution in [0.2, 0.25) is 0 Å². The summed E-state index contributed by atoms with van der Waals surface area (Å²) in [6.07, 6.45) is 3.27. The Bertz CT molecular complexity index is 772. The summed E-state index contributed by atoms with van der Waals surface area (Å²) in [6.45, 7) is 0. The van der Waals surface area contributed by atoms with Gasteiger partial charge in [-0.1, -0.05) is 12.5 Å². The zero-order chi connectivity index (χ0) is 18.2. The highest BCUT2D eigenvalue weighted by atomic mass is 19.2. The molecule has 9 heteroatoms. The van der Waals surface area contributed by atoms with Crippen LogP contribution in [-0.4, -0.2) is 28.7 Å². The topological polar surface area (TPSA) is 117 Å². The maximum Gasteiger partial charge on any atom is 0.307 e. The molecule has 0 radical (unpaired) electrons. The van der Waals surface area contributed by atoms with Gasteiger partial charge < -0.3 is 16.6 Å². The molecule has 7 nitrogen and oxygen atoms in total. The molecule has 0 atom stereocenters. The second-order valence-corrected chi connectivity index (χ2v) is 6.26. The molecule has 1 saturated carbocycles. The molecule has 1 aliphatic heterocycles. The summed E-state index contributed by atoms with van der Waals surface area (Å²) >= 11 is 0. The Balaban J connectivity index is 2.08. The summed E-state index contributed by atoms with van der Waals surface area (Å²) in [5, 5.41) is 8.80. The minimum absolute atomic E-state index is 0.0130. The lowest BCUT2D eigenvalue weighted by Gasteiger charge is -2.45. The molecule has 1 fully saturated rings. The number of aliphatic carboxylic acids is 1. The lowest BCUT2D eigenvalue weighted by molar-refractivity contribution is -0.136. The van der Waals surface area contributed by atoms with E-state index >= 15 is 0 Å². The first-order valence-electron chi connectivity index (χ1n) is 8.02. The average Bonchev–Trinajstić information content (AvgIpc) is 2.53. The van der Waals surface area contributed by atoms with Crippen LogP contribution in [-0.2, 0) is 11.2 Å². The summed E-state index contributed by atoms with van der Waals surface area (Å²) in [4.78, 5) is 20.4. The van der Waals surface area contributed by atoms with Gasteiger partial charge in [0, 0.05) is 5.56 Å². The van der Waals surface area contributed by atoms with Gasteiger partial charge in [0.15, 0.2) is 11.6 Å². The van der Waals surface area contributed by atoms with Gasteiger partial charge in [0.1, 0.15) is 5.66 Å². The number of hydrogen-bond donors (Lipinski definition) is 3. The quantitative estimate of drug-likeness (QED) is 0.766. The smallest absolute Gasteiger partial charge is 0.307 e. The molecule has 0 unspecified atom stereocenters. The first kappa shape index (κ1) is 17.1. The van der Waals surface area contributed by atoms with E-state index in [4.69, 9.17) is 16.6 Å². The molecule has 0 bridgehead atoms. The van der Waals surface area contributed by atoms with Crippen molar-refractivity contribution in [2.45, 2.75) is 44.2 Å². The Hall–Kier alpha value is -2.71. The number of rotatable bonds is 3. The molecule has 1 aromatic carbocycles. The number of carbonyl (C=O) groups is 1. The average molecular weight is 351 g/mol. The molecule has 1 aromatic rings. The van der Waals surface area contributed by atoms with Crippen molar-refractivity contribution in [3.8, 4) is 0 Å². The van der Waals surface area contributed by atoms with Crippen molar-refractivity contribution in [2.75, 3.05) is 4.90 Å². The van der Waals surface area contributed by atoms with Crippen LogP contribution in [0.25, 0.3) is 0 Å². The maximum absolute atomic E-state index is 14.7. The van der Waals surface area contributed by atoms with Crippen LogP contribution in [0.4, 0.5) is 14.5 Å².